The number of carboxylic acids is 1. The zero-order chi connectivity index (χ0) is 17.4. The van der Waals surface area contributed by atoms with Crippen LogP contribution in [-0.2, 0) is 25.6 Å². The Labute approximate surface area is 149 Å². The van der Waals surface area contributed by atoms with Gasteiger partial charge in [0.25, 0.3) is 5.24 Å². The van der Waals surface area contributed by atoms with Crippen LogP contribution in [0, 0.1) is 0 Å². The monoisotopic (exact) mass is 386 g/mol. The second-order valence-corrected chi connectivity index (χ2v) is 7.53. The highest BCUT2D eigenvalue weighted by molar-refractivity contribution is 8.03. The summed E-state index contributed by atoms with van der Waals surface area (Å²) in [6.45, 7) is 0. The number of β-lactam (4-membered cyclic amide) rings is 1. The molecule has 2 unspecified atom stereocenters. The summed E-state index contributed by atoms with van der Waals surface area (Å²) in [5, 5.41) is 13.6. The van der Waals surface area contributed by atoms with Gasteiger partial charge in [-0.15, -0.1) is 23.1 Å². The number of thiophene rings is 1. The van der Waals surface area contributed by atoms with Crippen molar-refractivity contribution in [2.24, 2.45) is 0 Å². The maximum Gasteiger partial charge on any atom is 0.331 e. The van der Waals surface area contributed by atoms with E-state index < -0.39 is 34.6 Å². The molecule has 1 aromatic heterocycles. The molecule has 1 aromatic rings. The van der Waals surface area contributed by atoms with Crippen molar-refractivity contribution in [3.05, 3.63) is 33.4 Å². The molecule has 0 bridgehead atoms. The number of amides is 2. The number of nitrogens with zero attached hydrogens (tertiary/aromatic N) is 1. The number of aliphatic carboxylic acids is 1. The van der Waals surface area contributed by atoms with Crippen molar-refractivity contribution >= 4 is 57.7 Å². The lowest BCUT2D eigenvalue weighted by atomic mass is 9.98. The highest BCUT2D eigenvalue weighted by Crippen LogP contribution is 2.40. The predicted octanol–water partition coefficient (Wildman–Crippen LogP) is 0.793. The van der Waals surface area contributed by atoms with Crippen LogP contribution in [-0.4, -0.2) is 50.5 Å². The number of thioether (sulfide) groups is 1. The fourth-order valence-electron chi connectivity index (χ4n) is 2.60. The summed E-state index contributed by atoms with van der Waals surface area (Å²) in [5.41, 5.74) is -0.151. The number of halogens is 1. The lowest BCUT2D eigenvalue weighted by Crippen LogP contribution is -2.74. The van der Waals surface area contributed by atoms with Crippen LogP contribution in [0.4, 0.5) is 0 Å². The molecule has 0 aromatic carbocycles. The summed E-state index contributed by atoms with van der Waals surface area (Å²) < 4.78 is 0. The number of carboxylic acid groups (broad SMARTS) is 1. The average molecular weight is 387 g/mol. The Balaban J connectivity index is 1.72. The van der Waals surface area contributed by atoms with E-state index in [4.69, 9.17) is 11.6 Å². The molecule has 0 saturated carbocycles. The van der Waals surface area contributed by atoms with E-state index in [1.54, 1.807) is 0 Å². The van der Waals surface area contributed by atoms with Gasteiger partial charge < -0.3 is 15.3 Å². The van der Waals surface area contributed by atoms with Gasteiger partial charge in [0.15, 0.2) is 6.04 Å². The van der Waals surface area contributed by atoms with E-state index >= 15 is 0 Å². The Morgan fingerprint density at radius 3 is 2.71 bits per heavy atom. The van der Waals surface area contributed by atoms with Gasteiger partial charge in [-0.3, -0.25) is 14.4 Å². The molecule has 1 fully saturated rings. The Bertz CT molecular complexity index is 748. The predicted molar refractivity (Wildman–Crippen MR) is 88.5 cm³/mol. The number of rotatable bonds is 5. The Morgan fingerprint density at radius 1 is 1.38 bits per heavy atom. The second kappa shape index (κ2) is 6.58. The molecule has 1 saturated heterocycles. The summed E-state index contributed by atoms with van der Waals surface area (Å²) in [5.74, 6) is -2.19. The van der Waals surface area contributed by atoms with Crippen molar-refractivity contribution in [3.63, 3.8) is 0 Å². The number of nitrogens with one attached hydrogen (secondary N) is 1. The van der Waals surface area contributed by atoms with E-state index in [-0.39, 0.29) is 17.9 Å². The van der Waals surface area contributed by atoms with Crippen LogP contribution in [0.1, 0.15) is 4.88 Å². The van der Waals surface area contributed by atoms with Crippen LogP contribution in [0.15, 0.2) is 28.5 Å². The normalized spacial score (nSPS) is 25.4. The molecule has 0 aliphatic carbocycles. The topological polar surface area (TPSA) is 104 Å². The first-order valence-electron chi connectivity index (χ1n) is 6.82. The van der Waals surface area contributed by atoms with Gasteiger partial charge in [-0.05, 0) is 28.5 Å². The van der Waals surface area contributed by atoms with Crippen LogP contribution in [0.5, 0.6) is 0 Å². The first kappa shape index (κ1) is 17.0. The molecular formula is C14H11ClN2O5S2. The summed E-state index contributed by atoms with van der Waals surface area (Å²) in [4.78, 5) is 49.0. The molecule has 3 atom stereocenters. The van der Waals surface area contributed by atoms with Gasteiger partial charge in [0, 0.05) is 4.88 Å². The van der Waals surface area contributed by atoms with Crippen LogP contribution in [0.3, 0.4) is 0 Å². The molecule has 3 heterocycles. The first-order chi connectivity index (χ1) is 11.4. The van der Waals surface area contributed by atoms with Crippen molar-refractivity contribution in [2.45, 2.75) is 23.9 Å². The number of carbonyl (C=O) groups is 4. The lowest BCUT2D eigenvalue weighted by molar-refractivity contribution is -0.160. The minimum Gasteiger partial charge on any atom is -0.479 e. The summed E-state index contributed by atoms with van der Waals surface area (Å²) in [6.07, 6.45) is 0.155. The first-order valence-corrected chi connectivity index (χ1v) is 9.02. The van der Waals surface area contributed by atoms with Gasteiger partial charge in [-0.25, -0.2) is 4.79 Å². The number of carbonyl (C=O) groups excluding carboxylic acids is 3. The van der Waals surface area contributed by atoms with Crippen LogP contribution < -0.4 is 5.32 Å². The SMILES string of the molecule is O=C(Cc1cccs1)NC1C(=O)N2C(C(=O)O)C(C(=O)Cl)=CS[C@@H]12. The summed E-state index contributed by atoms with van der Waals surface area (Å²) >= 11 is 7.92. The molecule has 0 spiro atoms. The van der Waals surface area contributed by atoms with Gasteiger partial charge in [0.2, 0.25) is 11.8 Å². The minimum atomic E-state index is -1.42. The third kappa shape index (κ3) is 2.94. The molecule has 24 heavy (non-hydrogen) atoms. The van der Waals surface area contributed by atoms with E-state index in [0.717, 1.165) is 21.5 Å². The van der Waals surface area contributed by atoms with E-state index in [1.807, 2.05) is 17.5 Å². The van der Waals surface area contributed by atoms with Gasteiger partial charge in [0.1, 0.15) is 11.4 Å². The molecule has 2 amide bonds. The third-order valence-electron chi connectivity index (χ3n) is 3.68. The van der Waals surface area contributed by atoms with Gasteiger partial charge in [-0.1, -0.05) is 6.07 Å². The van der Waals surface area contributed by atoms with E-state index in [2.05, 4.69) is 5.32 Å². The number of hydrogen-bond acceptors (Lipinski definition) is 6. The lowest BCUT2D eigenvalue weighted by Gasteiger charge is -2.50. The van der Waals surface area contributed by atoms with Gasteiger partial charge in [0.05, 0.1) is 12.0 Å². The molecular weight excluding hydrogens is 376 g/mol. The second-order valence-electron chi connectivity index (χ2n) is 5.16. The van der Waals surface area contributed by atoms with Crippen molar-refractivity contribution in [1.82, 2.24) is 10.2 Å². The zero-order valence-electron chi connectivity index (χ0n) is 12.0. The quantitative estimate of drug-likeness (QED) is 0.573. The highest BCUT2D eigenvalue weighted by atomic mass is 35.5. The maximum absolute atomic E-state index is 12.3. The molecule has 2 aliphatic rings. The molecule has 3 rings (SSSR count). The Hall–Kier alpha value is -1.84. The van der Waals surface area contributed by atoms with Gasteiger partial charge >= 0.3 is 5.97 Å². The van der Waals surface area contributed by atoms with E-state index in [1.165, 1.54) is 16.7 Å². The molecule has 2 N–H and O–H groups in total. The summed E-state index contributed by atoms with van der Waals surface area (Å²) in [7, 11) is 0. The summed E-state index contributed by atoms with van der Waals surface area (Å²) in [6, 6.07) is 1.41. The fourth-order valence-corrected chi connectivity index (χ4v) is 4.74. The Kier molecular flexibility index (Phi) is 4.66. The van der Waals surface area contributed by atoms with Crippen LogP contribution in [0.25, 0.3) is 0 Å². The zero-order valence-corrected chi connectivity index (χ0v) is 14.4. The number of hydrogen-bond donors (Lipinski definition) is 2. The van der Waals surface area contributed by atoms with Crippen molar-refractivity contribution in [3.8, 4) is 0 Å². The van der Waals surface area contributed by atoms with Crippen LogP contribution in [0.2, 0.25) is 0 Å². The van der Waals surface area contributed by atoms with Gasteiger partial charge in [-0.2, -0.15) is 0 Å². The van der Waals surface area contributed by atoms with Crippen molar-refractivity contribution in [2.75, 3.05) is 0 Å². The average Bonchev–Trinajstić information content (AvgIpc) is 3.03. The fraction of sp³-hybridized carbons (Fsp3) is 0.286. The smallest absolute Gasteiger partial charge is 0.331 e. The Morgan fingerprint density at radius 2 is 2.12 bits per heavy atom. The molecule has 2 aliphatic heterocycles. The molecule has 0 radical (unpaired) electrons. The van der Waals surface area contributed by atoms with Crippen molar-refractivity contribution < 1.29 is 24.3 Å². The van der Waals surface area contributed by atoms with E-state index in [9.17, 15) is 24.3 Å². The molecule has 7 nitrogen and oxygen atoms in total. The molecule has 10 heteroatoms. The third-order valence-corrected chi connectivity index (χ3v) is 5.94. The van der Waals surface area contributed by atoms with E-state index in [0.29, 0.717) is 0 Å². The largest absolute Gasteiger partial charge is 0.479 e. The van der Waals surface area contributed by atoms with Crippen LogP contribution >= 0.6 is 34.7 Å². The minimum absolute atomic E-state index is 0.151. The molecule has 126 valence electrons. The number of fused-ring (bicyclic) bond motifs is 1. The maximum atomic E-state index is 12.3. The highest BCUT2D eigenvalue weighted by Gasteiger charge is 2.56. The standard InChI is InChI=1S/C14H11ClN2O5S2/c15-11(19)7-5-24-13-9(12(20)17(13)10(7)14(21)22)16-8(18)4-6-2-1-3-23-6/h1-3,5,9-10,13H,4H2,(H,16,18)(H,21,22)/t9?,10?,13-/m0/s1. The van der Waals surface area contributed by atoms with Crippen molar-refractivity contribution in [1.29, 1.82) is 0 Å².